The molecule has 1 fully saturated rings. The van der Waals surface area contributed by atoms with Crippen molar-refractivity contribution in [1.82, 2.24) is 10.2 Å². The van der Waals surface area contributed by atoms with E-state index >= 15 is 0 Å². The molecule has 0 saturated carbocycles. The average molecular weight is 270 g/mol. The van der Waals surface area contributed by atoms with Gasteiger partial charge in [0, 0.05) is 31.7 Å². The topological polar surface area (TPSA) is 44.7 Å². The molecule has 1 aliphatic heterocycles. The van der Waals surface area contributed by atoms with Gasteiger partial charge in [-0.1, -0.05) is 6.58 Å². The van der Waals surface area contributed by atoms with Crippen LogP contribution in [0, 0.1) is 0 Å². The smallest absolute Gasteiger partial charge is 0.0701 e. The quantitative estimate of drug-likeness (QED) is 0.687. The maximum Gasteiger partial charge on any atom is 0.0701 e. The van der Waals surface area contributed by atoms with Gasteiger partial charge in [-0.25, -0.2) is 0 Å². The molecule has 4 heteroatoms. The second-order valence-electron chi connectivity index (χ2n) is 6.42. The highest BCUT2D eigenvalue weighted by Crippen LogP contribution is 2.14. The second kappa shape index (κ2) is 8.00. The molecule has 0 bridgehead atoms. The minimum atomic E-state index is 0.121. The molecule has 1 rings (SSSR count). The minimum absolute atomic E-state index is 0.121. The van der Waals surface area contributed by atoms with Crippen molar-refractivity contribution in [3.8, 4) is 0 Å². The number of piperidine rings is 1. The lowest BCUT2D eigenvalue weighted by Crippen LogP contribution is -2.41. The predicted octanol–water partition coefficient (Wildman–Crippen LogP) is 1.40. The Bertz CT molecular complexity index is 266. The molecule has 112 valence electrons. The molecular formula is C15H30N2O2. The van der Waals surface area contributed by atoms with Crippen molar-refractivity contribution in [3.05, 3.63) is 12.2 Å². The number of hydrogen-bond acceptors (Lipinski definition) is 4. The molecule has 19 heavy (non-hydrogen) atoms. The van der Waals surface area contributed by atoms with E-state index in [9.17, 15) is 0 Å². The van der Waals surface area contributed by atoms with Gasteiger partial charge in [0.05, 0.1) is 19.3 Å². The second-order valence-corrected chi connectivity index (χ2v) is 6.42. The minimum Gasteiger partial charge on any atom is -0.394 e. The Morgan fingerprint density at radius 1 is 1.37 bits per heavy atom. The maximum absolute atomic E-state index is 8.74. The van der Waals surface area contributed by atoms with Crippen molar-refractivity contribution in [3.63, 3.8) is 0 Å². The summed E-state index contributed by atoms with van der Waals surface area (Å²) in [6, 6.07) is 0. The van der Waals surface area contributed by atoms with Gasteiger partial charge < -0.3 is 15.2 Å². The first-order valence-electron chi connectivity index (χ1n) is 7.27. The number of aliphatic hydroxyl groups is 1. The van der Waals surface area contributed by atoms with E-state index in [4.69, 9.17) is 9.84 Å². The molecule has 0 radical (unpaired) electrons. The van der Waals surface area contributed by atoms with Gasteiger partial charge in [-0.05, 0) is 39.2 Å². The molecule has 0 aromatic rings. The van der Waals surface area contributed by atoms with Crippen molar-refractivity contribution < 1.29 is 9.84 Å². The summed E-state index contributed by atoms with van der Waals surface area (Å²) >= 11 is 0. The summed E-state index contributed by atoms with van der Waals surface area (Å²) in [5.41, 5.74) is 1.39. The molecule has 1 saturated heterocycles. The lowest BCUT2D eigenvalue weighted by molar-refractivity contribution is -0.00633. The Hall–Kier alpha value is -0.420. The van der Waals surface area contributed by atoms with Crippen LogP contribution in [0.1, 0.15) is 33.6 Å². The molecule has 1 aliphatic rings. The highest BCUT2D eigenvalue weighted by atomic mass is 16.5. The zero-order chi connectivity index (χ0) is 14.3. The van der Waals surface area contributed by atoms with Crippen LogP contribution in [-0.4, -0.2) is 61.0 Å². The summed E-state index contributed by atoms with van der Waals surface area (Å²) in [7, 11) is 0. The summed E-state index contributed by atoms with van der Waals surface area (Å²) in [5.74, 6) is 0. The zero-order valence-electron chi connectivity index (χ0n) is 12.7. The third-order valence-electron chi connectivity index (χ3n) is 3.30. The maximum atomic E-state index is 8.74. The van der Waals surface area contributed by atoms with Gasteiger partial charge in [0.25, 0.3) is 0 Å². The zero-order valence-corrected chi connectivity index (χ0v) is 12.7. The molecular weight excluding hydrogens is 240 g/mol. The molecule has 0 aromatic heterocycles. The molecule has 0 amide bonds. The van der Waals surface area contributed by atoms with E-state index in [0.717, 1.165) is 39.0 Å². The van der Waals surface area contributed by atoms with Gasteiger partial charge in [0.2, 0.25) is 0 Å². The fourth-order valence-corrected chi connectivity index (χ4v) is 2.22. The Morgan fingerprint density at radius 3 is 2.53 bits per heavy atom. The number of nitrogens with zero attached hydrogens (tertiary/aromatic N) is 1. The Morgan fingerprint density at radius 2 is 2.00 bits per heavy atom. The van der Waals surface area contributed by atoms with Crippen LogP contribution in [0.2, 0.25) is 0 Å². The fourth-order valence-electron chi connectivity index (χ4n) is 2.22. The van der Waals surface area contributed by atoms with Gasteiger partial charge in [0.1, 0.15) is 0 Å². The lowest BCUT2D eigenvalue weighted by Gasteiger charge is -2.32. The van der Waals surface area contributed by atoms with Crippen molar-refractivity contribution in [2.24, 2.45) is 0 Å². The normalized spacial score (nSPS) is 18.7. The van der Waals surface area contributed by atoms with Crippen LogP contribution in [0.25, 0.3) is 0 Å². The highest BCUT2D eigenvalue weighted by molar-refractivity contribution is 5.01. The molecule has 0 aliphatic carbocycles. The first kappa shape index (κ1) is 16.6. The molecule has 0 atom stereocenters. The van der Waals surface area contributed by atoms with E-state index in [1.807, 2.05) is 0 Å². The number of nitrogens with one attached hydrogen (secondary N) is 1. The van der Waals surface area contributed by atoms with E-state index in [0.29, 0.717) is 12.7 Å². The molecule has 1 heterocycles. The van der Waals surface area contributed by atoms with Crippen LogP contribution in [0.5, 0.6) is 0 Å². The predicted molar refractivity (Wildman–Crippen MR) is 79.4 cm³/mol. The molecule has 2 N–H and O–H groups in total. The lowest BCUT2D eigenvalue weighted by atomic mass is 10.1. The largest absolute Gasteiger partial charge is 0.394 e. The van der Waals surface area contributed by atoms with Gasteiger partial charge in [-0.3, -0.25) is 4.90 Å². The van der Waals surface area contributed by atoms with Crippen LogP contribution in [0.3, 0.4) is 0 Å². The Balaban J connectivity index is 2.16. The van der Waals surface area contributed by atoms with Gasteiger partial charge >= 0.3 is 0 Å². The van der Waals surface area contributed by atoms with E-state index in [1.54, 1.807) is 0 Å². The Kier molecular flexibility index (Phi) is 7.00. The summed E-state index contributed by atoms with van der Waals surface area (Å²) in [6.07, 6.45) is 2.43. The molecule has 4 nitrogen and oxygen atoms in total. The van der Waals surface area contributed by atoms with Crippen molar-refractivity contribution in [2.45, 2.75) is 45.3 Å². The fraction of sp³-hybridized carbons (Fsp3) is 0.867. The van der Waals surface area contributed by atoms with Crippen LogP contribution < -0.4 is 5.32 Å². The summed E-state index contributed by atoms with van der Waals surface area (Å²) in [5, 5.41) is 12.2. The third kappa shape index (κ3) is 7.67. The standard InChI is InChI=1S/C15H30N2O2/c1-13(11-16-15(2,3)4)12-17-7-5-14(6-8-17)19-10-9-18/h14,16,18H,1,5-12H2,2-4H3. The molecule has 0 spiro atoms. The first-order chi connectivity index (χ1) is 8.90. The van der Waals surface area contributed by atoms with Crippen LogP contribution in [0.4, 0.5) is 0 Å². The van der Waals surface area contributed by atoms with E-state index in [1.165, 1.54) is 5.57 Å². The SMILES string of the molecule is C=C(CNC(C)(C)C)CN1CCC(OCCO)CC1. The number of ether oxygens (including phenoxy) is 1. The summed E-state index contributed by atoms with van der Waals surface area (Å²) in [6.45, 7) is 15.2. The number of rotatable bonds is 7. The summed E-state index contributed by atoms with van der Waals surface area (Å²) < 4.78 is 5.57. The number of aliphatic hydroxyl groups excluding tert-OH is 1. The third-order valence-corrected chi connectivity index (χ3v) is 3.30. The van der Waals surface area contributed by atoms with E-state index < -0.39 is 0 Å². The van der Waals surface area contributed by atoms with Crippen molar-refractivity contribution >= 4 is 0 Å². The van der Waals surface area contributed by atoms with Gasteiger partial charge in [-0.2, -0.15) is 0 Å². The average Bonchev–Trinajstić information content (AvgIpc) is 2.35. The monoisotopic (exact) mass is 270 g/mol. The Labute approximate surface area is 117 Å². The van der Waals surface area contributed by atoms with E-state index in [2.05, 4.69) is 37.6 Å². The van der Waals surface area contributed by atoms with Crippen LogP contribution >= 0.6 is 0 Å². The van der Waals surface area contributed by atoms with Crippen molar-refractivity contribution in [2.75, 3.05) is 39.4 Å². The highest BCUT2D eigenvalue weighted by Gasteiger charge is 2.20. The molecule has 0 unspecified atom stereocenters. The van der Waals surface area contributed by atoms with Gasteiger partial charge in [0.15, 0.2) is 0 Å². The first-order valence-corrected chi connectivity index (χ1v) is 7.27. The van der Waals surface area contributed by atoms with Crippen molar-refractivity contribution in [1.29, 1.82) is 0 Å². The number of likely N-dealkylation sites (tertiary alicyclic amines) is 1. The summed E-state index contributed by atoms with van der Waals surface area (Å²) in [4.78, 5) is 2.44. The number of hydrogen-bond donors (Lipinski definition) is 2. The molecule has 0 aromatic carbocycles. The van der Waals surface area contributed by atoms with Crippen LogP contribution in [0.15, 0.2) is 12.2 Å². The van der Waals surface area contributed by atoms with Crippen LogP contribution in [-0.2, 0) is 4.74 Å². The van der Waals surface area contributed by atoms with E-state index in [-0.39, 0.29) is 12.1 Å². The van der Waals surface area contributed by atoms with Gasteiger partial charge in [-0.15, -0.1) is 0 Å².